The van der Waals surface area contributed by atoms with Crippen LogP contribution in [0.4, 0.5) is 13.2 Å². The van der Waals surface area contributed by atoms with Crippen LogP contribution in [0.15, 0.2) is 6.20 Å². The van der Waals surface area contributed by atoms with Gasteiger partial charge in [-0.25, -0.2) is 4.79 Å². The van der Waals surface area contributed by atoms with Crippen molar-refractivity contribution in [3.8, 4) is 0 Å². The molecule has 5 nitrogen and oxygen atoms in total. The summed E-state index contributed by atoms with van der Waals surface area (Å²) in [6, 6.07) is 0. The van der Waals surface area contributed by atoms with Crippen LogP contribution in [0.5, 0.6) is 0 Å². The summed E-state index contributed by atoms with van der Waals surface area (Å²) in [4.78, 5) is 10.6. The first-order valence-corrected chi connectivity index (χ1v) is 4.23. The van der Waals surface area contributed by atoms with Crippen molar-refractivity contribution in [1.29, 1.82) is 0 Å². The second-order valence-electron chi connectivity index (χ2n) is 2.95. The summed E-state index contributed by atoms with van der Waals surface area (Å²) in [5, 5.41) is 11.8. The van der Waals surface area contributed by atoms with Gasteiger partial charge >= 0.3 is 12.1 Å². The van der Waals surface area contributed by atoms with Gasteiger partial charge in [-0.2, -0.15) is 18.3 Å². The van der Waals surface area contributed by atoms with Crippen molar-refractivity contribution in [2.45, 2.75) is 12.7 Å². The van der Waals surface area contributed by atoms with Crippen LogP contribution in [0, 0.1) is 0 Å². The third-order valence-corrected chi connectivity index (χ3v) is 1.79. The average Bonchev–Trinajstić information content (AvgIpc) is 2.58. The minimum absolute atomic E-state index is 0.0624. The molecule has 16 heavy (non-hydrogen) atoms. The van der Waals surface area contributed by atoms with Gasteiger partial charge in [-0.1, -0.05) is 0 Å². The predicted octanol–water partition coefficient (Wildman–Crippen LogP) is 1.25. The highest BCUT2D eigenvalue weighted by Gasteiger charge is 2.39. The van der Waals surface area contributed by atoms with Gasteiger partial charge in [0.25, 0.3) is 0 Å². The smallest absolute Gasteiger partial charge is 0.436 e. The molecular formula is C8H9F3N2O3. The van der Waals surface area contributed by atoms with Crippen LogP contribution in [-0.4, -0.2) is 34.6 Å². The lowest BCUT2D eigenvalue weighted by atomic mass is 10.2. The van der Waals surface area contributed by atoms with E-state index in [9.17, 15) is 18.0 Å². The van der Waals surface area contributed by atoms with Crippen LogP contribution in [0.3, 0.4) is 0 Å². The van der Waals surface area contributed by atoms with Gasteiger partial charge in [-0.05, 0) is 0 Å². The molecule has 0 aromatic carbocycles. The molecule has 0 aliphatic carbocycles. The van der Waals surface area contributed by atoms with Gasteiger partial charge in [0.05, 0.1) is 13.2 Å². The Hall–Kier alpha value is -1.57. The van der Waals surface area contributed by atoms with E-state index in [-0.39, 0.29) is 13.2 Å². The first-order chi connectivity index (χ1) is 7.36. The average molecular weight is 238 g/mol. The minimum Gasteiger partial charge on any atom is -0.478 e. The number of carbonyl (C=O) groups is 1. The molecule has 0 spiro atoms. The highest BCUT2D eigenvalue weighted by Crippen LogP contribution is 2.30. The number of aromatic carboxylic acids is 1. The van der Waals surface area contributed by atoms with Gasteiger partial charge in [0.15, 0.2) is 5.69 Å². The van der Waals surface area contributed by atoms with Crippen molar-refractivity contribution in [3.05, 3.63) is 17.5 Å². The molecular weight excluding hydrogens is 229 g/mol. The summed E-state index contributed by atoms with van der Waals surface area (Å²) in [7, 11) is 1.38. The summed E-state index contributed by atoms with van der Waals surface area (Å²) in [5.41, 5.74) is -2.25. The van der Waals surface area contributed by atoms with Crippen LogP contribution in [0.2, 0.25) is 0 Å². The summed E-state index contributed by atoms with van der Waals surface area (Å²) in [6.07, 6.45) is -3.93. The third kappa shape index (κ3) is 2.72. The van der Waals surface area contributed by atoms with Gasteiger partial charge in [0.1, 0.15) is 5.56 Å². The SMILES string of the molecule is COCCn1cc(C(=O)O)c(C(F)(F)F)n1. The maximum absolute atomic E-state index is 12.4. The first kappa shape index (κ1) is 12.5. The van der Waals surface area contributed by atoms with Crippen molar-refractivity contribution in [2.24, 2.45) is 0 Å². The molecule has 0 amide bonds. The Morgan fingerprint density at radius 2 is 2.25 bits per heavy atom. The number of aromatic nitrogens is 2. The van der Waals surface area contributed by atoms with E-state index >= 15 is 0 Å². The van der Waals surface area contributed by atoms with Crippen molar-refractivity contribution in [1.82, 2.24) is 9.78 Å². The van der Waals surface area contributed by atoms with Gasteiger partial charge in [-0.15, -0.1) is 0 Å². The molecule has 0 saturated heterocycles. The Labute approximate surface area is 88.4 Å². The zero-order chi connectivity index (χ0) is 12.3. The number of carboxylic acid groups (broad SMARTS) is 1. The van der Waals surface area contributed by atoms with Crippen LogP contribution in [0.25, 0.3) is 0 Å². The van der Waals surface area contributed by atoms with E-state index in [1.807, 2.05) is 0 Å². The Morgan fingerprint density at radius 3 is 2.62 bits per heavy atom. The van der Waals surface area contributed by atoms with E-state index in [1.165, 1.54) is 7.11 Å². The standard InChI is InChI=1S/C8H9F3N2O3/c1-16-3-2-13-4-5(7(14)15)6(12-13)8(9,10)11/h4H,2-3H2,1H3,(H,14,15). The van der Waals surface area contributed by atoms with E-state index in [0.29, 0.717) is 0 Å². The predicted molar refractivity (Wildman–Crippen MR) is 46.1 cm³/mol. The minimum atomic E-state index is -4.77. The highest BCUT2D eigenvalue weighted by molar-refractivity contribution is 5.88. The summed E-state index contributed by atoms with van der Waals surface area (Å²) in [5.74, 6) is -1.66. The lowest BCUT2D eigenvalue weighted by Gasteiger charge is -2.02. The molecule has 1 N–H and O–H groups in total. The number of methoxy groups -OCH3 is 1. The molecule has 0 saturated carbocycles. The second kappa shape index (κ2) is 4.52. The molecule has 0 atom stereocenters. The number of halogens is 3. The molecule has 8 heteroatoms. The molecule has 0 bridgehead atoms. The second-order valence-corrected chi connectivity index (χ2v) is 2.95. The number of rotatable bonds is 4. The van der Waals surface area contributed by atoms with Crippen LogP contribution < -0.4 is 0 Å². The van der Waals surface area contributed by atoms with E-state index < -0.39 is 23.4 Å². The van der Waals surface area contributed by atoms with E-state index in [1.54, 1.807) is 0 Å². The topological polar surface area (TPSA) is 64.3 Å². The molecule has 0 unspecified atom stereocenters. The fourth-order valence-electron chi connectivity index (χ4n) is 1.09. The van der Waals surface area contributed by atoms with Crippen molar-refractivity contribution in [2.75, 3.05) is 13.7 Å². The van der Waals surface area contributed by atoms with Gasteiger partial charge in [0.2, 0.25) is 0 Å². The zero-order valence-corrected chi connectivity index (χ0v) is 8.28. The number of alkyl halides is 3. The first-order valence-electron chi connectivity index (χ1n) is 4.23. The van der Waals surface area contributed by atoms with Crippen LogP contribution in [-0.2, 0) is 17.5 Å². The Balaban J connectivity index is 3.06. The van der Waals surface area contributed by atoms with Crippen LogP contribution >= 0.6 is 0 Å². The third-order valence-electron chi connectivity index (χ3n) is 1.79. The van der Waals surface area contributed by atoms with Crippen molar-refractivity contribution >= 4 is 5.97 Å². The maximum Gasteiger partial charge on any atom is 0.436 e. The Kier molecular flexibility index (Phi) is 3.53. The monoisotopic (exact) mass is 238 g/mol. The molecule has 1 heterocycles. The molecule has 0 radical (unpaired) electrons. The number of hydrogen-bond donors (Lipinski definition) is 1. The molecule has 1 rings (SSSR count). The maximum atomic E-state index is 12.4. The van der Waals surface area contributed by atoms with Gasteiger partial charge in [0, 0.05) is 13.3 Å². The van der Waals surface area contributed by atoms with E-state index in [2.05, 4.69) is 9.84 Å². The normalized spacial score (nSPS) is 11.8. The fourth-order valence-corrected chi connectivity index (χ4v) is 1.09. The molecule has 0 aliphatic heterocycles. The molecule has 1 aromatic heterocycles. The summed E-state index contributed by atoms with van der Waals surface area (Å²) >= 11 is 0. The number of hydrogen-bond acceptors (Lipinski definition) is 3. The molecule has 90 valence electrons. The Morgan fingerprint density at radius 1 is 1.62 bits per heavy atom. The van der Waals surface area contributed by atoms with Gasteiger partial charge < -0.3 is 9.84 Å². The number of carboxylic acids is 1. The quantitative estimate of drug-likeness (QED) is 0.857. The van der Waals surface area contributed by atoms with E-state index in [0.717, 1.165) is 10.9 Å². The van der Waals surface area contributed by atoms with E-state index in [4.69, 9.17) is 5.11 Å². The van der Waals surface area contributed by atoms with Crippen molar-refractivity contribution in [3.63, 3.8) is 0 Å². The summed E-state index contributed by atoms with van der Waals surface area (Å²) < 4.78 is 42.7. The fraction of sp³-hybridized carbons (Fsp3) is 0.500. The zero-order valence-electron chi connectivity index (χ0n) is 8.28. The van der Waals surface area contributed by atoms with Crippen LogP contribution in [0.1, 0.15) is 16.1 Å². The molecule has 0 aliphatic rings. The lowest BCUT2D eigenvalue weighted by molar-refractivity contribution is -0.142. The Bertz CT molecular complexity index is 386. The largest absolute Gasteiger partial charge is 0.478 e. The molecule has 1 aromatic rings. The lowest BCUT2D eigenvalue weighted by Crippen LogP contribution is -2.12. The highest BCUT2D eigenvalue weighted by atomic mass is 19.4. The number of ether oxygens (including phenoxy) is 1. The van der Waals surface area contributed by atoms with Crippen molar-refractivity contribution < 1.29 is 27.8 Å². The summed E-state index contributed by atoms with van der Waals surface area (Å²) in [6.45, 7) is 0.213. The molecule has 0 fully saturated rings. The van der Waals surface area contributed by atoms with Gasteiger partial charge in [-0.3, -0.25) is 4.68 Å². The number of nitrogens with zero attached hydrogens (tertiary/aromatic N) is 2.